The lowest BCUT2D eigenvalue weighted by molar-refractivity contribution is -0.125. The van der Waals surface area contributed by atoms with E-state index in [9.17, 15) is 9.59 Å². The van der Waals surface area contributed by atoms with Gasteiger partial charge in [-0.2, -0.15) is 0 Å². The first-order chi connectivity index (χ1) is 12.0. The molecule has 130 valence electrons. The summed E-state index contributed by atoms with van der Waals surface area (Å²) >= 11 is 0. The quantitative estimate of drug-likeness (QED) is 0.870. The van der Waals surface area contributed by atoms with Gasteiger partial charge in [-0.05, 0) is 43.3 Å². The minimum Gasteiger partial charge on any atom is -0.497 e. The van der Waals surface area contributed by atoms with Gasteiger partial charge >= 0.3 is 0 Å². The summed E-state index contributed by atoms with van der Waals surface area (Å²) in [5, 5.41) is 2.77. The van der Waals surface area contributed by atoms with E-state index < -0.39 is 6.04 Å². The van der Waals surface area contributed by atoms with Crippen LogP contribution in [0.2, 0.25) is 0 Å². The van der Waals surface area contributed by atoms with Gasteiger partial charge in [-0.3, -0.25) is 14.5 Å². The Labute approximate surface area is 144 Å². The second-order valence-electron chi connectivity index (χ2n) is 5.50. The fraction of sp³-hybridized carbons (Fsp3) is 0.235. The lowest BCUT2D eigenvalue weighted by Gasteiger charge is -2.32. The van der Waals surface area contributed by atoms with Crippen LogP contribution in [0.3, 0.4) is 0 Å². The lowest BCUT2D eigenvalue weighted by atomic mass is 10.2. The maximum absolute atomic E-state index is 12.6. The first kappa shape index (κ1) is 16.6. The first-order valence-corrected chi connectivity index (χ1v) is 7.66. The number of nitrogens with zero attached hydrogens (tertiary/aromatic N) is 2. The third-order valence-corrected chi connectivity index (χ3v) is 3.83. The number of carbonyl (C=O) groups excluding carboxylic acids is 2. The summed E-state index contributed by atoms with van der Waals surface area (Å²) in [7, 11) is 1.57. The van der Waals surface area contributed by atoms with Crippen molar-refractivity contribution in [3.63, 3.8) is 0 Å². The number of rotatable bonds is 4. The van der Waals surface area contributed by atoms with Crippen molar-refractivity contribution in [1.82, 2.24) is 4.98 Å². The van der Waals surface area contributed by atoms with Gasteiger partial charge in [0.05, 0.1) is 7.11 Å². The number of anilines is 3. The Morgan fingerprint density at radius 2 is 2.04 bits per heavy atom. The van der Waals surface area contributed by atoms with Crippen molar-refractivity contribution in [3.8, 4) is 11.5 Å². The normalized spacial score (nSPS) is 14.3. The zero-order chi connectivity index (χ0) is 18.0. The topological polar surface area (TPSA) is 107 Å². The Balaban J connectivity index is 1.81. The SMILES string of the molecule is COc1ccc(NC(=O)C(C)N2C(=O)COc3ccc(N)nc32)cc1. The third-order valence-electron chi connectivity index (χ3n) is 3.83. The zero-order valence-corrected chi connectivity index (χ0v) is 13.9. The lowest BCUT2D eigenvalue weighted by Crippen LogP contribution is -2.50. The molecule has 2 heterocycles. The molecule has 1 unspecified atom stereocenters. The van der Waals surface area contributed by atoms with E-state index in [4.69, 9.17) is 15.2 Å². The number of pyridine rings is 1. The molecule has 1 aliphatic heterocycles. The van der Waals surface area contributed by atoms with Crippen LogP contribution in [0.25, 0.3) is 0 Å². The van der Waals surface area contributed by atoms with Crippen LogP contribution in [0.5, 0.6) is 11.5 Å². The van der Waals surface area contributed by atoms with E-state index in [0.717, 1.165) is 0 Å². The number of benzene rings is 1. The number of nitrogens with one attached hydrogen (secondary N) is 1. The molecule has 3 N–H and O–H groups in total. The van der Waals surface area contributed by atoms with Gasteiger partial charge in [0, 0.05) is 5.69 Å². The average molecular weight is 342 g/mol. The van der Waals surface area contributed by atoms with Gasteiger partial charge in [0.15, 0.2) is 18.2 Å². The van der Waals surface area contributed by atoms with Crippen LogP contribution < -0.4 is 25.4 Å². The number of nitrogen functional groups attached to an aromatic ring is 1. The Kier molecular flexibility index (Phi) is 4.42. The number of hydrogen-bond donors (Lipinski definition) is 2. The Morgan fingerprint density at radius 3 is 2.72 bits per heavy atom. The predicted molar refractivity (Wildman–Crippen MR) is 92.7 cm³/mol. The summed E-state index contributed by atoms with van der Waals surface area (Å²) in [5.74, 6) is 0.873. The number of ether oxygens (including phenoxy) is 2. The van der Waals surface area contributed by atoms with Crippen molar-refractivity contribution in [1.29, 1.82) is 0 Å². The number of amides is 2. The zero-order valence-electron chi connectivity index (χ0n) is 13.9. The second kappa shape index (κ2) is 6.68. The van der Waals surface area contributed by atoms with Crippen LogP contribution in [-0.2, 0) is 9.59 Å². The standard InChI is InChI=1S/C17H18N4O4/c1-10(17(23)19-11-3-5-12(24-2)6-4-11)21-15(22)9-25-13-7-8-14(18)20-16(13)21/h3-8,10H,9H2,1-2H3,(H2,18,20)(H,19,23). The van der Waals surface area contributed by atoms with Crippen LogP contribution in [0, 0.1) is 0 Å². The van der Waals surface area contributed by atoms with Crippen molar-refractivity contribution in [3.05, 3.63) is 36.4 Å². The fourth-order valence-corrected chi connectivity index (χ4v) is 2.50. The van der Waals surface area contributed by atoms with E-state index in [1.807, 2.05) is 0 Å². The van der Waals surface area contributed by atoms with E-state index in [1.54, 1.807) is 50.4 Å². The van der Waals surface area contributed by atoms with Gasteiger partial charge in [-0.15, -0.1) is 0 Å². The van der Waals surface area contributed by atoms with Crippen molar-refractivity contribution in [2.75, 3.05) is 29.7 Å². The molecule has 0 saturated heterocycles. The summed E-state index contributed by atoms with van der Waals surface area (Å²) < 4.78 is 10.4. The minimum absolute atomic E-state index is 0.154. The van der Waals surface area contributed by atoms with Crippen molar-refractivity contribution < 1.29 is 19.1 Å². The van der Waals surface area contributed by atoms with E-state index in [0.29, 0.717) is 17.2 Å². The highest BCUT2D eigenvalue weighted by molar-refractivity contribution is 6.06. The molecule has 1 aromatic carbocycles. The van der Waals surface area contributed by atoms with Crippen molar-refractivity contribution in [2.24, 2.45) is 0 Å². The van der Waals surface area contributed by atoms with Crippen LogP contribution in [0.4, 0.5) is 17.3 Å². The first-order valence-electron chi connectivity index (χ1n) is 7.66. The molecule has 2 amide bonds. The fourth-order valence-electron chi connectivity index (χ4n) is 2.50. The van der Waals surface area contributed by atoms with Crippen LogP contribution >= 0.6 is 0 Å². The van der Waals surface area contributed by atoms with Gasteiger partial charge in [-0.1, -0.05) is 0 Å². The molecule has 1 atom stereocenters. The van der Waals surface area contributed by atoms with Crippen molar-refractivity contribution in [2.45, 2.75) is 13.0 Å². The van der Waals surface area contributed by atoms with E-state index >= 15 is 0 Å². The molecule has 2 aromatic rings. The van der Waals surface area contributed by atoms with Gasteiger partial charge in [0.25, 0.3) is 5.91 Å². The molecular formula is C17H18N4O4. The molecule has 25 heavy (non-hydrogen) atoms. The molecule has 0 aliphatic carbocycles. The van der Waals surface area contributed by atoms with E-state index in [-0.39, 0.29) is 30.1 Å². The summed E-state index contributed by atoms with van der Waals surface area (Å²) in [5.41, 5.74) is 6.30. The highest BCUT2D eigenvalue weighted by Gasteiger charge is 2.34. The molecular weight excluding hydrogens is 324 g/mol. The summed E-state index contributed by atoms with van der Waals surface area (Å²) in [6.45, 7) is 1.47. The van der Waals surface area contributed by atoms with Crippen molar-refractivity contribution >= 4 is 29.1 Å². The van der Waals surface area contributed by atoms with Gasteiger partial charge in [-0.25, -0.2) is 4.98 Å². The molecule has 8 nitrogen and oxygen atoms in total. The molecule has 0 spiro atoms. The highest BCUT2D eigenvalue weighted by atomic mass is 16.5. The molecule has 1 aliphatic rings. The molecule has 3 rings (SSSR count). The number of nitrogens with two attached hydrogens (primary N) is 1. The van der Waals surface area contributed by atoms with E-state index in [1.165, 1.54) is 4.90 Å². The second-order valence-corrected chi connectivity index (χ2v) is 5.50. The highest BCUT2D eigenvalue weighted by Crippen LogP contribution is 2.32. The smallest absolute Gasteiger partial charge is 0.266 e. The maximum Gasteiger partial charge on any atom is 0.266 e. The number of hydrogen-bond acceptors (Lipinski definition) is 6. The van der Waals surface area contributed by atoms with Gasteiger partial charge in [0.2, 0.25) is 5.91 Å². The van der Waals surface area contributed by atoms with Gasteiger partial charge < -0.3 is 20.5 Å². The largest absolute Gasteiger partial charge is 0.497 e. The molecule has 0 fully saturated rings. The van der Waals surface area contributed by atoms with Crippen LogP contribution in [-0.4, -0.2) is 36.6 Å². The molecule has 0 saturated carbocycles. The minimum atomic E-state index is -0.786. The number of fused-ring (bicyclic) bond motifs is 1. The molecule has 0 radical (unpaired) electrons. The predicted octanol–water partition coefficient (Wildman–Crippen LogP) is 1.42. The Bertz CT molecular complexity index is 807. The third kappa shape index (κ3) is 3.32. The number of methoxy groups -OCH3 is 1. The summed E-state index contributed by atoms with van der Waals surface area (Å²) in [4.78, 5) is 30.3. The van der Waals surface area contributed by atoms with E-state index in [2.05, 4.69) is 10.3 Å². The maximum atomic E-state index is 12.6. The summed E-state index contributed by atoms with van der Waals surface area (Å²) in [6.07, 6.45) is 0. The van der Waals surface area contributed by atoms with Gasteiger partial charge in [0.1, 0.15) is 17.6 Å². The summed E-state index contributed by atoms with van der Waals surface area (Å²) in [6, 6.07) is 9.32. The average Bonchev–Trinajstić information content (AvgIpc) is 2.61. The van der Waals surface area contributed by atoms with Crippen LogP contribution in [0.1, 0.15) is 6.92 Å². The Hall–Kier alpha value is -3.29. The number of carbonyl (C=O) groups is 2. The molecule has 1 aromatic heterocycles. The monoisotopic (exact) mass is 342 g/mol. The molecule has 8 heteroatoms. The Morgan fingerprint density at radius 1 is 1.32 bits per heavy atom. The number of aromatic nitrogens is 1. The van der Waals surface area contributed by atoms with Crippen LogP contribution in [0.15, 0.2) is 36.4 Å². The molecule has 0 bridgehead atoms.